The summed E-state index contributed by atoms with van der Waals surface area (Å²) < 4.78 is 0. The van der Waals surface area contributed by atoms with Crippen molar-refractivity contribution in [3.8, 4) is 0 Å². The molecule has 0 fully saturated rings. The van der Waals surface area contributed by atoms with E-state index in [0.717, 1.165) is 5.56 Å². The van der Waals surface area contributed by atoms with Gasteiger partial charge in [-0.15, -0.1) is 0 Å². The number of amides is 1. The molecule has 12 heavy (non-hydrogen) atoms. The lowest BCUT2D eigenvalue weighted by Gasteiger charge is -1.92. The third kappa shape index (κ3) is 1.66. The Morgan fingerprint density at radius 3 is 2.25 bits per heavy atom. The highest BCUT2D eigenvalue weighted by Crippen LogP contribution is 2.03. The van der Waals surface area contributed by atoms with Crippen LogP contribution in [0, 0.1) is 17.0 Å². The minimum Gasteiger partial charge on any atom is -0.255 e. The molecule has 62 valence electrons. The van der Waals surface area contributed by atoms with Crippen LogP contribution in [0.1, 0.15) is 15.9 Å². The van der Waals surface area contributed by atoms with Crippen molar-refractivity contribution in [1.29, 1.82) is 0 Å². The predicted octanol–water partition coefficient (Wildman–Crippen LogP) is 1.41. The number of rotatable bonds is 1. The summed E-state index contributed by atoms with van der Waals surface area (Å²) in [6, 6.07) is 6.22. The van der Waals surface area contributed by atoms with Gasteiger partial charge >= 0.3 is 5.91 Å². The number of carbonyl (C=O) groups excluding carboxylic acids is 1. The van der Waals surface area contributed by atoms with Crippen LogP contribution in [0.4, 0.5) is 0 Å². The Morgan fingerprint density at radius 2 is 1.83 bits per heavy atom. The minimum atomic E-state index is -1.06. The number of hydrogen-bond acceptors (Lipinski definition) is 3. The van der Waals surface area contributed by atoms with Gasteiger partial charge < -0.3 is 0 Å². The number of hydrogen-bond donors (Lipinski definition) is 0. The van der Waals surface area contributed by atoms with Crippen molar-refractivity contribution >= 4 is 5.91 Å². The van der Waals surface area contributed by atoms with Crippen LogP contribution < -0.4 is 0 Å². The minimum absolute atomic E-state index is 0.116. The van der Waals surface area contributed by atoms with Gasteiger partial charge in [0.25, 0.3) is 0 Å². The number of nitrogens with zero attached hydrogens (tertiary/aromatic N) is 1. The standard InChI is InChI=1S/C8H7NO3/c1-6-2-4-7(5-3-6)8(10)9(11)12/h2-5H,1H3. The van der Waals surface area contributed by atoms with Gasteiger partial charge in [0.15, 0.2) is 0 Å². The van der Waals surface area contributed by atoms with Crippen molar-refractivity contribution in [2.24, 2.45) is 0 Å². The van der Waals surface area contributed by atoms with Gasteiger partial charge in [0, 0.05) is 0 Å². The third-order valence-corrected chi connectivity index (χ3v) is 1.46. The van der Waals surface area contributed by atoms with Crippen LogP contribution in [0.25, 0.3) is 0 Å². The van der Waals surface area contributed by atoms with Gasteiger partial charge in [0.2, 0.25) is 0 Å². The summed E-state index contributed by atoms with van der Waals surface area (Å²) in [5.74, 6) is -1.06. The van der Waals surface area contributed by atoms with E-state index in [2.05, 4.69) is 0 Å². The molecule has 4 heteroatoms. The van der Waals surface area contributed by atoms with E-state index >= 15 is 0 Å². The normalized spacial score (nSPS) is 9.42. The second-order valence-corrected chi connectivity index (χ2v) is 2.43. The van der Waals surface area contributed by atoms with Crippen LogP contribution in [-0.2, 0) is 0 Å². The first kappa shape index (κ1) is 8.39. The van der Waals surface area contributed by atoms with E-state index in [9.17, 15) is 14.9 Å². The van der Waals surface area contributed by atoms with Crippen molar-refractivity contribution in [2.45, 2.75) is 6.92 Å². The summed E-state index contributed by atoms with van der Waals surface area (Å²) in [6.45, 7) is 1.85. The molecule has 0 aromatic heterocycles. The van der Waals surface area contributed by atoms with E-state index in [4.69, 9.17) is 0 Å². The summed E-state index contributed by atoms with van der Waals surface area (Å²) in [5, 5.41) is 10.0. The van der Waals surface area contributed by atoms with Crippen LogP contribution in [0.15, 0.2) is 24.3 Å². The van der Waals surface area contributed by atoms with Crippen molar-refractivity contribution in [1.82, 2.24) is 0 Å². The van der Waals surface area contributed by atoms with E-state index in [1.807, 2.05) is 6.92 Å². The number of nitro groups is 1. The number of aryl methyl sites for hydroxylation is 1. The summed E-state index contributed by atoms with van der Waals surface area (Å²) in [4.78, 5) is 19.9. The van der Waals surface area contributed by atoms with Gasteiger partial charge in [-0.1, -0.05) is 17.7 Å². The lowest BCUT2D eigenvalue weighted by Crippen LogP contribution is -2.10. The van der Waals surface area contributed by atoms with Crippen LogP contribution in [0.3, 0.4) is 0 Å². The van der Waals surface area contributed by atoms with Gasteiger partial charge in [0.05, 0.1) is 5.56 Å². The smallest absolute Gasteiger partial charge is 0.255 e. The molecule has 1 aromatic carbocycles. The molecule has 0 unspecified atom stereocenters. The Labute approximate surface area is 69.0 Å². The molecular formula is C8H7NO3. The fourth-order valence-corrected chi connectivity index (χ4v) is 0.802. The van der Waals surface area contributed by atoms with Gasteiger partial charge in [-0.3, -0.25) is 10.1 Å². The highest BCUT2D eigenvalue weighted by molar-refractivity contribution is 5.87. The molecule has 0 saturated heterocycles. The van der Waals surface area contributed by atoms with Crippen molar-refractivity contribution < 1.29 is 9.72 Å². The first-order valence-electron chi connectivity index (χ1n) is 3.36. The van der Waals surface area contributed by atoms with Crippen LogP contribution in [0.2, 0.25) is 0 Å². The maximum atomic E-state index is 10.8. The molecule has 0 heterocycles. The first-order valence-corrected chi connectivity index (χ1v) is 3.36. The molecule has 0 aliphatic rings. The van der Waals surface area contributed by atoms with E-state index in [1.54, 1.807) is 12.1 Å². The van der Waals surface area contributed by atoms with Crippen molar-refractivity contribution in [2.75, 3.05) is 0 Å². The van der Waals surface area contributed by atoms with Gasteiger partial charge in [-0.2, -0.15) is 0 Å². The molecule has 0 radical (unpaired) electrons. The van der Waals surface area contributed by atoms with Crippen molar-refractivity contribution in [3.05, 3.63) is 45.5 Å². The summed E-state index contributed by atoms with van der Waals surface area (Å²) in [5.41, 5.74) is 1.08. The Morgan fingerprint density at radius 1 is 1.33 bits per heavy atom. The van der Waals surface area contributed by atoms with Gasteiger partial charge in [0.1, 0.15) is 4.92 Å². The summed E-state index contributed by atoms with van der Waals surface area (Å²) >= 11 is 0. The van der Waals surface area contributed by atoms with Crippen LogP contribution in [0.5, 0.6) is 0 Å². The molecule has 1 aromatic rings. The molecule has 0 N–H and O–H groups in total. The molecule has 0 aliphatic carbocycles. The monoisotopic (exact) mass is 165 g/mol. The SMILES string of the molecule is Cc1ccc(C(=O)[N+](=O)[O-])cc1. The first-order chi connectivity index (χ1) is 5.61. The number of carbonyl (C=O) groups is 1. The fourth-order valence-electron chi connectivity index (χ4n) is 0.802. The molecule has 0 atom stereocenters. The summed E-state index contributed by atoms with van der Waals surface area (Å²) in [6.07, 6.45) is 0. The maximum Gasteiger partial charge on any atom is 0.476 e. The molecular weight excluding hydrogens is 158 g/mol. The zero-order chi connectivity index (χ0) is 9.14. The average molecular weight is 165 g/mol. The molecule has 4 nitrogen and oxygen atoms in total. The molecule has 0 aliphatic heterocycles. The zero-order valence-corrected chi connectivity index (χ0v) is 6.48. The van der Waals surface area contributed by atoms with Crippen LogP contribution in [-0.4, -0.2) is 10.8 Å². The Hall–Kier alpha value is -1.71. The van der Waals surface area contributed by atoms with E-state index in [-0.39, 0.29) is 5.56 Å². The zero-order valence-electron chi connectivity index (χ0n) is 6.48. The Kier molecular flexibility index (Phi) is 2.19. The molecule has 0 bridgehead atoms. The third-order valence-electron chi connectivity index (χ3n) is 1.46. The quantitative estimate of drug-likeness (QED) is 0.467. The van der Waals surface area contributed by atoms with Crippen LogP contribution >= 0.6 is 0 Å². The second kappa shape index (κ2) is 3.13. The number of benzene rings is 1. The van der Waals surface area contributed by atoms with E-state index in [0.29, 0.717) is 0 Å². The summed E-state index contributed by atoms with van der Waals surface area (Å²) in [7, 11) is 0. The maximum absolute atomic E-state index is 10.8. The molecule has 1 amide bonds. The Balaban J connectivity index is 2.98. The second-order valence-electron chi connectivity index (χ2n) is 2.43. The largest absolute Gasteiger partial charge is 0.476 e. The molecule has 0 saturated carbocycles. The van der Waals surface area contributed by atoms with Crippen molar-refractivity contribution in [3.63, 3.8) is 0 Å². The fraction of sp³-hybridized carbons (Fsp3) is 0.125. The van der Waals surface area contributed by atoms with E-state index < -0.39 is 10.8 Å². The Bertz CT molecular complexity index is 316. The highest BCUT2D eigenvalue weighted by atomic mass is 16.6. The topological polar surface area (TPSA) is 60.2 Å². The highest BCUT2D eigenvalue weighted by Gasteiger charge is 2.16. The molecule has 1 rings (SSSR count). The predicted molar refractivity (Wildman–Crippen MR) is 42.5 cm³/mol. The average Bonchev–Trinajstić information content (AvgIpc) is 2.04. The van der Waals surface area contributed by atoms with Gasteiger partial charge in [-0.25, -0.2) is 4.79 Å². The van der Waals surface area contributed by atoms with Gasteiger partial charge in [-0.05, 0) is 19.1 Å². The molecule has 0 spiro atoms. The lowest BCUT2D eigenvalue weighted by atomic mass is 10.1. The lowest BCUT2D eigenvalue weighted by molar-refractivity contribution is -0.375. The van der Waals surface area contributed by atoms with E-state index in [1.165, 1.54) is 12.1 Å².